The van der Waals surface area contributed by atoms with Gasteiger partial charge in [0.2, 0.25) is 0 Å². The molecule has 2 aromatic carbocycles. The van der Waals surface area contributed by atoms with E-state index in [1.54, 1.807) is 0 Å². The first kappa shape index (κ1) is 19.9. The highest BCUT2D eigenvalue weighted by molar-refractivity contribution is 5.17. The molecule has 146 valence electrons. The topological polar surface area (TPSA) is 88.4 Å². The maximum Gasteiger partial charge on any atom is 0.161 e. The predicted octanol–water partition coefficient (Wildman–Crippen LogP) is 1.79. The van der Waals surface area contributed by atoms with Gasteiger partial charge in [0.15, 0.2) is 6.29 Å². The van der Waals surface area contributed by atoms with Crippen LogP contribution in [0.4, 0.5) is 0 Å². The lowest BCUT2D eigenvalue weighted by Gasteiger charge is -2.39. The highest BCUT2D eigenvalue weighted by Crippen LogP contribution is 2.28. The SMILES string of the molecule is OC[C@H](O[C@H]1C[C@@H](OCc2ccccc2)[C@H](O)[C@@H](CO)O1)c1ccccc1. The van der Waals surface area contributed by atoms with Crippen LogP contribution in [0.15, 0.2) is 60.7 Å². The Morgan fingerprint density at radius 3 is 2.30 bits per heavy atom. The second-order valence-corrected chi connectivity index (χ2v) is 6.57. The third-order valence-corrected chi connectivity index (χ3v) is 4.65. The monoisotopic (exact) mass is 374 g/mol. The molecule has 1 fully saturated rings. The fourth-order valence-electron chi connectivity index (χ4n) is 3.16. The molecule has 1 aliphatic rings. The van der Waals surface area contributed by atoms with Gasteiger partial charge >= 0.3 is 0 Å². The van der Waals surface area contributed by atoms with Gasteiger partial charge in [-0.25, -0.2) is 0 Å². The summed E-state index contributed by atoms with van der Waals surface area (Å²) in [6.07, 6.45) is -3.27. The Hall–Kier alpha value is -1.80. The van der Waals surface area contributed by atoms with Crippen molar-refractivity contribution in [1.29, 1.82) is 0 Å². The van der Waals surface area contributed by atoms with Crippen molar-refractivity contribution in [3.05, 3.63) is 71.8 Å². The van der Waals surface area contributed by atoms with Crippen LogP contribution in [0, 0.1) is 0 Å². The smallest absolute Gasteiger partial charge is 0.161 e. The lowest BCUT2D eigenvalue weighted by Crippen LogP contribution is -2.51. The minimum Gasteiger partial charge on any atom is -0.394 e. The third kappa shape index (κ3) is 5.35. The molecule has 5 atom stereocenters. The molecule has 0 radical (unpaired) electrons. The summed E-state index contributed by atoms with van der Waals surface area (Å²) in [7, 11) is 0. The van der Waals surface area contributed by atoms with E-state index >= 15 is 0 Å². The zero-order valence-corrected chi connectivity index (χ0v) is 15.1. The van der Waals surface area contributed by atoms with Crippen LogP contribution in [0.2, 0.25) is 0 Å². The normalized spacial score (nSPS) is 26.6. The van der Waals surface area contributed by atoms with Crippen LogP contribution < -0.4 is 0 Å². The van der Waals surface area contributed by atoms with Gasteiger partial charge in [0.1, 0.15) is 18.3 Å². The lowest BCUT2D eigenvalue weighted by molar-refractivity contribution is -0.280. The molecule has 0 amide bonds. The Kier molecular flexibility index (Phi) is 7.34. The predicted molar refractivity (Wildman–Crippen MR) is 98.7 cm³/mol. The molecule has 1 saturated heterocycles. The van der Waals surface area contributed by atoms with Gasteiger partial charge in [-0.15, -0.1) is 0 Å². The number of rotatable bonds is 8. The average Bonchev–Trinajstić information content (AvgIpc) is 2.73. The van der Waals surface area contributed by atoms with Gasteiger partial charge in [0.05, 0.1) is 25.9 Å². The number of hydrogen-bond acceptors (Lipinski definition) is 6. The zero-order valence-electron chi connectivity index (χ0n) is 15.1. The summed E-state index contributed by atoms with van der Waals surface area (Å²) in [4.78, 5) is 0. The summed E-state index contributed by atoms with van der Waals surface area (Å²) in [5.74, 6) is 0. The average molecular weight is 374 g/mol. The number of aliphatic hydroxyl groups excluding tert-OH is 3. The second-order valence-electron chi connectivity index (χ2n) is 6.57. The zero-order chi connectivity index (χ0) is 19.1. The first-order chi connectivity index (χ1) is 13.2. The minimum absolute atomic E-state index is 0.203. The van der Waals surface area contributed by atoms with Crippen molar-refractivity contribution >= 4 is 0 Å². The van der Waals surface area contributed by atoms with Crippen molar-refractivity contribution in [3.63, 3.8) is 0 Å². The highest BCUT2D eigenvalue weighted by Gasteiger charge is 2.39. The van der Waals surface area contributed by atoms with Crippen LogP contribution in [0.25, 0.3) is 0 Å². The van der Waals surface area contributed by atoms with E-state index in [2.05, 4.69) is 0 Å². The van der Waals surface area contributed by atoms with Gasteiger partial charge in [0.25, 0.3) is 0 Å². The van der Waals surface area contributed by atoms with Gasteiger partial charge in [-0.05, 0) is 11.1 Å². The molecule has 0 aliphatic carbocycles. The van der Waals surface area contributed by atoms with E-state index < -0.39 is 30.7 Å². The van der Waals surface area contributed by atoms with Crippen LogP contribution in [-0.2, 0) is 20.8 Å². The number of ether oxygens (including phenoxy) is 3. The van der Waals surface area contributed by atoms with Crippen molar-refractivity contribution in [2.24, 2.45) is 0 Å². The van der Waals surface area contributed by atoms with Crippen LogP contribution in [-0.4, -0.2) is 53.1 Å². The van der Waals surface area contributed by atoms with Gasteiger partial charge in [0, 0.05) is 6.42 Å². The maximum atomic E-state index is 10.4. The van der Waals surface area contributed by atoms with E-state index in [4.69, 9.17) is 14.2 Å². The van der Waals surface area contributed by atoms with Crippen molar-refractivity contribution in [2.45, 2.75) is 43.7 Å². The molecular formula is C21H26O6. The van der Waals surface area contributed by atoms with Gasteiger partial charge in [-0.1, -0.05) is 60.7 Å². The molecule has 1 aliphatic heterocycles. The van der Waals surface area contributed by atoms with Gasteiger partial charge in [-0.2, -0.15) is 0 Å². The summed E-state index contributed by atoms with van der Waals surface area (Å²) < 4.78 is 17.5. The quantitative estimate of drug-likeness (QED) is 0.653. The molecule has 6 heteroatoms. The Morgan fingerprint density at radius 2 is 1.67 bits per heavy atom. The van der Waals surface area contributed by atoms with Crippen LogP contribution in [0.5, 0.6) is 0 Å². The molecule has 27 heavy (non-hydrogen) atoms. The number of benzene rings is 2. The molecule has 0 spiro atoms. The summed E-state index contributed by atoms with van der Waals surface area (Å²) >= 11 is 0. The second kappa shape index (κ2) is 9.94. The van der Waals surface area contributed by atoms with Crippen molar-refractivity contribution in [3.8, 4) is 0 Å². The van der Waals surface area contributed by atoms with E-state index in [1.807, 2.05) is 60.7 Å². The van der Waals surface area contributed by atoms with Crippen LogP contribution in [0.3, 0.4) is 0 Å². The van der Waals surface area contributed by atoms with E-state index in [0.717, 1.165) is 11.1 Å². The van der Waals surface area contributed by atoms with Gasteiger partial charge in [-0.3, -0.25) is 0 Å². The first-order valence-electron chi connectivity index (χ1n) is 9.12. The van der Waals surface area contributed by atoms with Crippen molar-refractivity contribution in [1.82, 2.24) is 0 Å². The highest BCUT2D eigenvalue weighted by atomic mass is 16.7. The molecule has 3 rings (SSSR count). The number of aliphatic hydroxyl groups is 3. The maximum absolute atomic E-state index is 10.4. The van der Waals surface area contributed by atoms with E-state index in [-0.39, 0.29) is 13.2 Å². The molecule has 0 unspecified atom stereocenters. The van der Waals surface area contributed by atoms with E-state index in [1.165, 1.54) is 0 Å². The molecule has 2 aromatic rings. The first-order valence-corrected chi connectivity index (χ1v) is 9.12. The molecule has 0 bridgehead atoms. The molecule has 3 N–H and O–H groups in total. The Balaban J connectivity index is 1.64. The molecule has 0 aromatic heterocycles. The molecule has 6 nitrogen and oxygen atoms in total. The standard InChI is InChI=1S/C21H26O6/c22-12-18(16-9-5-2-6-10-16)26-20-11-17(21(24)19(13-23)27-20)25-14-15-7-3-1-4-8-15/h1-10,17-24H,11-14H2/t17-,18+,19-,20-,21+/m1/s1. The van der Waals surface area contributed by atoms with Gasteiger partial charge < -0.3 is 29.5 Å². The van der Waals surface area contributed by atoms with Crippen LogP contribution in [0.1, 0.15) is 23.7 Å². The number of hydrogen-bond donors (Lipinski definition) is 3. The summed E-state index contributed by atoms with van der Waals surface area (Å²) in [6.45, 7) is -0.206. The molecule has 0 saturated carbocycles. The molecule has 1 heterocycles. The van der Waals surface area contributed by atoms with Crippen LogP contribution >= 0.6 is 0 Å². The minimum atomic E-state index is -0.956. The van der Waals surface area contributed by atoms with E-state index in [9.17, 15) is 15.3 Å². The van der Waals surface area contributed by atoms with Crippen molar-refractivity contribution in [2.75, 3.05) is 13.2 Å². The lowest BCUT2D eigenvalue weighted by atomic mass is 10.0. The fourth-order valence-corrected chi connectivity index (χ4v) is 3.16. The summed E-state index contributed by atoms with van der Waals surface area (Å²) in [5.41, 5.74) is 1.82. The summed E-state index contributed by atoms with van der Waals surface area (Å²) in [6, 6.07) is 19.0. The third-order valence-electron chi connectivity index (χ3n) is 4.65. The Morgan fingerprint density at radius 1 is 1.00 bits per heavy atom. The fraction of sp³-hybridized carbons (Fsp3) is 0.429. The largest absolute Gasteiger partial charge is 0.394 e. The Labute approximate surface area is 158 Å². The molecular weight excluding hydrogens is 348 g/mol. The Bertz CT molecular complexity index is 665. The van der Waals surface area contributed by atoms with E-state index in [0.29, 0.717) is 13.0 Å². The summed E-state index contributed by atoms with van der Waals surface area (Å²) in [5, 5.41) is 29.7. The van der Waals surface area contributed by atoms with Crippen molar-refractivity contribution < 1.29 is 29.5 Å².